The molecule has 27 heavy (non-hydrogen) atoms. The van der Waals surface area contributed by atoms with E-state index in [2.05, 4.69) is 31.8 Å². The molecule has 1 saturated heterocycles. The van der Waals surface area contributed by atoms with Gasteiger partial charge in [-0.1, -0.05) is 0 Å². The smallest absolute Gasteiger partial charge is 0.287 e. The van der Waals surface area contributed by atoms with E-state index in [4.69, 9.17) is 4.42 Å². The van der Waals surface area contributed by atoms with Crippen LogP contribution in [0.1, 0.15) is 40.4 Å². The Morgan fingerprint density at radius 1 is 1.41 bits per heavy atom. The summed E-state index contributed by atoms with van der Waals surface area (Å²) in [7, 11) is 3.75. The minimum Gasteiger partial charge on any atom is -0.459 e. The van der Waals surface area contributed by atoms with Gasteiger partial charge in [0.15, 0.2) is 11.7 Å². The minimum atomic E-state index is -0.166. The number of guanidine groups is 1. The molecule has 3 heterocycles. The van der Waals surface area contributed by atoms with Crippen LogP contribution >= 0.6 is 0 Å². The molecule has 8 heteroatoms. The maximum Gasteiger partial charge on any atom is 0.287 e. The van der Waals surface area contributed by atoms with Crippen LogP contribution in [0.15, 0.2) is 34.1 Å². The first kappa shape index (κ1) is 19.0. The molecule has 0 aliphatic carbocycles. The molecule has 2 aromatic rings. The third-order valence-corrected chi connectivity index (χ3v) is 4.89. The third-order valence-electron chi connectivity index (χ3n) is 4.89. The number of aryl methyl sites for hydroxylation is 2. The number of furan rings is 1. The summed E-state index contributed by atoms with van der Waals surface area (Å²) in [5, 5.41) is 10.5. The number of carbonyl (C=O) groups is 1. The Balaban J connectivity index is 1.38. The van der Waals surface area contributed by atoms with Gasteiger partial charge in [-0.25, -0.2) is 0 Å². The first-order valence-corrected chi connectivity index (χ1v) is 9.35. The number of carbonyl (C=O) groups excluding carboxylic acids is 1. The van der Waals surface area contributed by atoms with Crippen LogP contribution < -0.4 is 10.6 Å². The molecule has 1 amide bonds. The monoisotopic (exact) mass is 372 g/mol. The largest absolute Gasteiger partial charge is 0.459 e. The van der Waals surface area contributed by atoms with E-state index in [-0.39, 0.29) is 5.91 Å². The number of aromatic nitrogens is 2. The van der Waals surface area contributed by atoms with Crippen molar-refractivity contribution < 1.29 is 9.21 Å². The average molecular weight is 372 g/mol. The lowest BCUT2D eigenvalue weighted by Gasteiger charge is -2.21. The number of aliphatic imine (C=N–C) groups is 1. The maximum atomic E-state index is 12.0. The number of amides is 1. The Morgan fingerprint density at radius 3 is 2.89 bits per heavy atom. The lowest BCUT2D eigenvalue weighted by Crippen LogP contribution is -2.41. The van der Waals surface area contributed by atoms with Crippen LogP contribution in [-0.4, -0.2) is 59.8 Å². The van der Waals surface area contributed by atoms with Gasteiger partial charge in [0.2, 0.25) is 0 Å². The Hall–Kier alpha value is -2.77. The van der Waals surface area contributed by atoms with Crippen LogP contribution in [0, 0.1) is 6.92 Å². The number of nitrogens with one attached hydrogen (secondary N) is 2. The fraction of sp³-hybridized carbons (Fsp3) is 0.526. The Labute approximate surface area is 159 Å². The van der Waals surface area contributed by atoms with Gasteiger partial charge in [-0.2, -0.15) is 5.10 Å². The van der Waals surface area contributed by atoms with Gasteiger partial charge in [0.05, 0.1) is 12.5 Å². The van der Waals surface area contributed by atoms with Crippen LogP contribution in [0.5, 0.6) is 0 Å². The topological polar surface area (TPSA) is 87.7 Å². The number of hydrogen-bond acceptors (Lipinski definition) is 4. The molecule has 0 bridgehead atoms. The molecule has 0 radical (unpaired) electrons. The lowest BCUT2D eigenvalue weighted by molar-refractivity contribution is 0.0925. The molecule has 1 fully saturated rings. The number of hydrogen-bond donors (Lipinski definition) is 2. The third kappa shape index (κ3) is 4.69. The molecule has 1 atom stereocenters. The predicted octanol–water partition coefficient (Wildman–Crippen LogP) is 1.51. The zero-order valence-electron chi connectivity index (χ0n) is 16.2. The van der Waals surface area contributed by atoms with E-state index >= 15 is 0 Å². The van der Waals surface area contributed by atoms with Crippen molar-refractivity contribution in [3.63, 3.8) is 0 Å². The van der Waals surface area contributed by atoms with Gasteiger partial charge in [-0.15, -0.1) is 0 Å². The summed E-state index contributed by atoms with van der Waals surface area (Å²) in [5.74, 6) is 1.63. The molecule has 1 unspecified atom stereocenters. The molecule has 2 aromatic heterocycles. The first-order valence-electron chi connectivity index (χ1n) is 9.35. The molecule has 8 nitrogen and oxygen atoms in total. The van der Waals surface area contributed by atoms with E-state index in [9.17, 15) is 4.79 Å². The van der Waals surface area contributed by atoms with Crippen molar-refractivity contribution in [2.45, 2.75) is 25.7 Å². The maximum absolute atomic E-state index is 12.0. The molecule has 0 aromatic carbocycles. The Bertz CT molecular complexity index is 794. The summed E-state index contributed by atoms with van der Waals surface area (Å²) in [6.07, 6.45) is 7.49. The minimum absolute atomic E-state index is 0.166. The first-order chi connectivity index (χ1) is 13.1. The zero-order chi connectivity index (χ0) is 19.2. The number of rotatable bonds is 6. The normalized spacial score (nSPS) is 17.4. The number of nitrogens with zero attached hydrogens (tertiary/aromatic N) is 4. The second kappa shape index (κ2) is 8.75. The van der Waals surface area contributed by atoms with E-state index in [1.165, 1.54) is 11.8 Å². The SMILES string of the molecule is CN=C(NCCCNC(=O)c1occc1C)N1CCC(c2cnn(C)c2)C1. The van der Waals surface area contributed by atoms with Crippen molar-refractivity contribution in [1.82, 2.24) is 25.3 Å². The lowest BCUT2D eigenvalue weighted by atomic mass is 10.0. The van der Waals surface area contributed by atoms with Gasteiger partial charge < -0.3 is 20.0 Å². The van der Waals surface area contributed by atoms with Gasteiger partial charge in [0, 0.05) is 58.0 Å². The highest BCUT2D eigenvalue weighted by Crippen LogP contribution is 2.26. The van der Waals surface area contributed by atoms with E-state index in [1.807, 2.05) is 24.9 Å². The van der Waals surface area contributed by atoms with Crippen LogP contribution in [0.4, 0.5) is 0 Å². The number of likely N-dealkylation sites (tertiary alicyclic amines) is 1. The molecule has 146 valence electrons. The van der Waals surface area contributed by atoms with Crippen molar-refractivity contribution in [2.24, 2.45) is 12.0 Å². The second-order valence-electron chi connectivity index (χ2n) is 6.90. The van der Waals surface area contributed by atoms with Crippen molar-refractivity contribution in [2.75, 3.05) is 33.2 Å². The highest BCUT2D eigenvalue weighted by atomic mass is 16.3. The van der Waals surface area contributed by atoms with Gasteiger partial charge in [0.25, 0.3) is 5.91 Å². The Kier molecular flexibility index (Phi) is 6.16. The molecular formula is C19H28N6O2. The highest BCUT2D eigenvalue weighted by Gasteiger charge is 2.26. The van der Waals surface area contributed by atoms with Crippen LogP contribution in [-0.2, 0) is 7.05 Å². The van der Waals surface area contributed by atoms with E-state index in [0.717, 1.165) is 44.0 Å². The van der Waals surface area contributed by atoms with Crippen LogP contribution in [0.3, 0.4) is 0 Å². The molecule has 0 spiro atoms. The van der Waals surface area contributed by atoms with Gasteiger partial charge in [-0.3, -0.25) is 14.5 Å². The molecule has 3 rings (SSSR count). The quantitative estimate of drug-likeness (QED) is 0.456. The van der Waals surface area contributed by atoms with Crippen molar-refractivity contribution in [3.05, 3.63) is 41.6 Å². The van der Waals surface area contributed by atoms with Crippen molar-refractivity contribution in [1.29, 1.82) is 0 Å². The summed E-state index contributed by atoms with van der Waals surface area (Å²) < 4.78 is 7.05. The van der Waals surface area contributed by atoms with E-state index < -0.39 is 0 Å². The Morgan fingerprint density at radius 2 is 2.22 bits per heavy atom. The summed E-state index contributed by atoms with van der Waals surface area (Å²) in [5.41, 5.74) is 2.13. The van der Waals surface area contributed by atoms with E-state index in [0.29, 0.717) is 18.2 Å². The van der Waals surface area contributed by atoms with Crippen molar-refractivity contribution in [3.8, 4) is 0 Å². The summed E-state index contributed by atoms with van der Waals surface area (Å²) in [4.78, 5) is 18.7. The summed E-state index contributed by atoms with van der Waals surface area (Å²) >= 11 is 0. The summed E-state index contributed by atoms with van der Waals surface area (Å²) in [6.45, 7) is 5.12. The van der Waals surface area contributed by atoms with Crippen LogP contribution in [0.25, 0.3) is 0 Å². The average Bonchev–Trinajstić information content (AvgIpc) is 3.38. The highest BCUT2D eigenvalue weighted by molar-refractivity contribution is 5.92. The van der Waals surface area contributed by atoms with Gasteiger partial charge in [0.1, 0.15) is 0 Å². The van der Waals surface area contributed by atoms with Gasteiger partial charge >= 0.3 is 0 Å². The molecular weight excluding hydrogens is 344 g/mol. The van der Waals surface area contributed by atoms with Crippen molar-refractivity contribution >= 4 is 11.9 Å². The second-order valence-corrected chi connectivity index (χ2v) is 6.90. The van der Waals surface area contributed by atoms with Gasteiger partial charge in [-0.05, 0) is 31.4 Å². The molecule has 2 N–H and O–H groups in total. The van der Waals surface area contributed by atoms with E-state index in [1.54, 1.807) is 13.1 Å². The van der Waals surface area contributed by atoms with Crippen LogP contribution in [0.2, 0.25) is 0 Å². The zero-order valence-corrected chi connectivity index (χ0v) is 16.2. The fourth-order valence-electron chi connectivity index (χ4n) is 3.38. The molecule has 1 aliphatic heterocycles. The molecule has 0 saturated carbocycles. The fourth-order valence-corrected chi connectivity index (χ4v) is 3.38. The summed E-state index contributed by atoms with van der Waals surface area (Å²) in [6, 6.07) is 1.79. The standard InChI is InChI=1S/C19H28N6O2/c1-14-6-10-27-17(14)18(26)21-7-4-8-22-19(20-2)25-9-5-15(13-25)16-11-23-24(3)12-16/h6,10-12,15H,4-5,7-9,13H2,1-3H3,(H,20,22)(H,21,26). The predicted molar refractivity (Wildman–Crippen MR) is 104 cm³/mol. The molecule has 1 aliphatic rings.